The fourth-order valence-corrected chi connectivity index (χ4v) is 1.21. The fraction of sp³-hybridized carbons (Fsp3) is 0.273. The molecular formula is C11H13NO3. The zero-order valence-corrected chi connectivity index (χ0v) is 8.49. The average molecular weight is 207 g/mol. The summed E-state index contributed by atoms with van der Waals surface area (Å²) in [5, 5.41) is 8.44. The van der Waals surface area contributed by atoms with Crippen molar-refractivity contribution in [1.29, 1.82) is 0 Å². The van der Waals surface area contributed by atoms with E-state index in [-0.39, 0.29) is 18.6 Å². The number of hydrogen-bond acceptors (Lipinski definition) is 3. The Hall–Kier alpha value is -1.84. The molecule has 0 radical (unpaired) electrons. The van der Waals surface area contributed by atoms with Gasteiger partial charge in [0, 0.05) is 17.7 Å². The Bertz CT molecular complexity index is 399. The van der Waals surface area contributed by atoms with Gasteiger partial charge in [0.25, 0.3) is 0 Å². The first kappa shape index (κ1) is 11.2. The molecular weight excluding hydrogens is 194 g/mol. The van der Waals surface area contributed by atoms with Crippen molar-refractivity contribution in [2.24, 2.45) is 0 Å². The van der Waals surface area contributed by atoms with Crippen LogP contribution >= 0.6 is 0 Å². The first-order valence-corrected chi connectivity index (χ1v) is 4.62. The van der Waals surface area contributed by atoms with Crippen LogP contribution in [0.5, 0.6) is 0 Å². The molecule has 0 bridgehead atoms. The van der Waals surface area contributed by atoms with Crippen molar-refractivity contribution >= 4 is 17.4 Å². The van der Waals surface area contributed by atoms with Crippen molar-refractivity contribution in [2.45, 2.75) is 19.8 Å². The molecule has 0 heterocycles. The molecule has 0 spiro atoms. The van der Waals surface area contributed by atoms with Crippen LogP contribution in [0.25, 0.3) is 0 Å². The molecule has 4 heteroatoms. The summed E-state index contributed by atoms with van der Waals surface area (Å²) in [7, 11) is 0. The second-order valence-electron chi connectivity index (χ2n) is 3.39. The molecule has 0 saturated heterocycles. The van der Waals surface area contributed by atoms with E-state index in [1.54, 1.807) is 18.2 Å². The van der Waals surface area contributed by atoms with Crippen LogP contribution in [0.4, 0.5) is 5.69 Å². The van der Waals surface area contributed by atoms with E-state index in [1.165, 1.54) is 0 Å². The molecule has 1 rings (SSSR count). The minimum Gasteiger partial charge on any atom is -0.481 e. The normalized spacial score (nSPS) is 9.93. The molecule has 0 fully saturated rings. The maximum absolute atomic E-state index is 11.5. The van der Waals surface area contributed by atoms with Crippen LogP contribution in [0.3, 0.4) is 0 Å². The summed E-state index contributed by atoms with van der Waals surface area (Å²) in [5.74, 6) is -1.13. The number of carbonyl (C=O) groups is 2. The van der Waals surface area contributed by atoms with Crippen LogP contribution < -0.4 is 5.73 Å². The molecule has 0 aromatic heterocycles. The van der Waals surface area contributed by atoms with Crippen molar-refractivity contribution in [3.05, 3.63) is 29.3 Å². The number of nitrogen functional groups attached to an aromatic ring is 1. The van der Waals surface area contributed by atoms with E-state index in [1.807, 2.05) is 6.92 Å². The van der Waals surface area contributed by atoms with E-state index in [9.17, 15) is 9.59 Å². The summed E-state index contributed by atoms with van der Waals surface area (Å²) >= 11 is 0. The van der Waals surface area contributed by atoms with Crippen molar-refractivity contribution in [3.63, 3.8) is 0 Å². The van der Waals surface area contributed by atoms with E-state index in [4.69, 9.17) is 10.8 Å². The molecule has 4 nitrogen and oxygen atoms in total. The second-order valence-corrected chi connectivity index (χ2v) is 3.39. The Morgan fingerprint density at radius 2 is 2.00 bits per heavy atom. The summed E-state index contributed by atoms with van der Waals surface area (Å²) in [4.78, 5) is 21.8. The van der Waals surface area contributed by atoms with Crippen molar-refractivity contribution in [2.75, 3.05) is 5.73 Å². The number of aliphatic carboxylic acids is 1. The van der Waals surface area contributed by atoms with Gasteiger partial charge in [-0.2, -0.15) is 0 Å². The lowest BCUT2D eigenvalue weighted by molar-refractivity contribution is -0.136. The van der Waals surface area contributed by atoms with Crippen molar-refractivity contribution in [3.8, 4) is 0 Å². The Morgan fingerprint density at radius 1 is 1.33 bits per heavy atom. The third kappa shape index (κ3) is 3.09. The summed E-state index contributed by atoms with van der Waals surface area (Å²) in [6.45, 7) is 1.81. The number of benzene rings is 1. The quantitative estimate of drug-likeness (QED) is 0.580. The van der Waals surface area contributed by atoms with Gasteiger partial charge in [-0.15, -0.1) is 0 Å². The fourth-order valence-electron chi connectivity index (χ4n) is 1.21. The molecule has 1 aromatic rings. The van der Waals surface area contributed by atoms with E-state index < -0.39 is 5.97 Å². The number of carbonyl (C=O) groups excluding carboxylic acids is 1. The first-order valence-electron chi connectivity index (χ1n) is 4.62. The minimum absolute atomic E-state index is 0.0265. The number of ketones is 1. The van der Waals surface area contributed by atoms with Crippen LogP contribution in [0, 0.1) is 6.92 Å². The third-order valence-electron chi connectivity index (χ3n) is 2.16. The predicted molar refractivity (Wildman–Crippen MR) is 56.8 cm³/mol. The standard InChI is InChI=1S/C11H13NO3/c1-7-6-8(2-3-9(7)12)10(13)4-5-11(14)15/h2-3,6H,4-5,12H2,1H3,(H,14,15). The SMILES string of the molecule is Cc1cc(C(=O)CCC(=O)O)ccc1N. The molecule has 0 aliphatic rings. The molecule has 0 saturated carbocycles. The molecule has 0 atom stereocenters. The van der Waals surface area contributed by atoms with Crippen LogP contribution in [-0.2, 0) is 4.79 Å². The van der Waals surface area contributed by atoms with E-state index in [2.05, 4.69) is 0 Å². The highest BCUT2D eigenvalue weighted by atomic mass is 16.4. The zero-order valence-electron chi connectivity index (χ0n) is 8.49. The summed E-state index contributed by atoms with van der Waals surface area (Å²) in [5.41, 5.74) is 7.58. The van der Waals surface area contributed by atoms with Gasteiger partial charge in [0.05, 0.1) is 6.42 Å². The lowest BCUT2D eigenvalue weighted by atomic mass is 10.0. The van der Waals surface area contributed by atoms with Crippen LogP contribution in [0.1, 0.15) is 28.8 Å². The zero-order chi connectivity index (χ0) is 11.4. The molecule has 0 amide bonds. The van der Waals surface area contributed by atoms with E-state index >= 15 is 0 Å². The number of nitrogens with two attached hydrogens (primary N) is 1. The lowest BCUT2D eigenvalue weighted by Gasteiger charge is -2.03. The smallest absolute Gasteiger partial charge is 0.303 e. The molecule has 0 aliphatic carbocycles. The second kappa shape index (κ2) is 4.59. The van der Waals surface area contributed by atoms with Crippen molar-refractivity contribution < 1.29 is 14.7 Å². The largest absolute Gasteiger partial charge is 0.481 e. The van der Waals surface area contributed by atoms with Crippen molar-refractivity contribution in [1.82, 2.24) is 0 Å². The number of rotatable bonds is 4. The highest BCUT2D eigenvalue weighted by molar-refractivity contribution is 5.97. The monoisotopic (exact) mass is 207 g/mol. The predicted octanol–water partition coefficient (Wildman–Crippen LogP) is 1.62. The maximum Gasteiger partial charge on any atom is 0.303 e. The highest BCUT2D eigenvalue weighted by Gasteiger charge is 2.08. The Kier molecular flexibility index (Phi) is 3.44. The molecule has 0 unspecified atom stereocenters. The highest BCUT2D eigenvalue weighted by Crippen LogP contribution is 2.14. The third-order valence-corrected chi connectivity index (χ3v) is 2.16. The van der Waals surface area contributed by atoms with Gasteiger partial charge in [0.2, 0.25) is 0 Å². The number of anilines is 1. The molecule has 80 valence electrons. The summed E-state index contributed by atoms with van der Waals surface area (Å²) in [6, 6.07) is 4.95. The summed E-state index contributed by atoms with van der Waals surface area (Å²) < 4.78 is 0. The van der Waals surface area contributed by atoms with Crippen LogP contribution in [-0.4, -0.2) is 16.9 Å². The van der Waals surface area contributed by atoms with E-state index in [0.29, 0.717) is 11.3 Å². The van der Waals surface area contributed by atoms with Crippen LogP contribution in [0.15, 0.2) is 18.2 Å². The number of aryl methyl sites for hydroxylation is 1. The van der Waals surface area contributed by atoms with Gasteiger partial charge in [0.15, 0.2) is 5.78 Å². The molecule has 15 heavy (non-hydrogen) atoms. The van der Waals surface area contributed by atoms with Gasteiger partial charge in [-0.1, -0.05) is 0 Å². The number of carboxylic acid groups (broad SMARTS) is 1. The molecule has 3 N–H and O–H groups in total. The molecule has 0 aliphatic heterocycles. The average Bonchev–Trinajstić information content (AvgIpc) is 2.18. The van der Waals surface area contributed by atoms with Gasteiger partial charge >= 0.3 is 5.97 Å². The Labute approximate surface area is 87.7 Å². The van der Waals surface area contributed by atoms with Gasteiger partial charge in [0.1, 0.15) is 0 Å². The first-order chi connectivity index (χ1) is 7.00. The van der Waals surface area contributed by atoms with Gasteiger partial charge in [-0.05, 0) is 30.7 Å². The van der Waals surface area contributed by atoms with Gasteiger partial charge < -0.3 is 10.8 Å². The van der Waals surface area contributed by atoms with E-state index in [0.717, 1.165) is 5.56 Å². The lowest BCUT2D eigenvalue weighted by Crippen LogP contribution is -2.04. The van der Waals surface area contributed by atoms with Gasteiger partial charge in [-0.25, -0.2) is 0 Å². The summed E-state index contributed by atoms with van der Waals surface area (Å²) in [6.07, 6.45) is -0.110. The van der Waals surface area contributed by atoms with Gasteiger partial charge in [-0.3, -0.25) is 9.59 Å². The number of carboxylic acids is 1. The Balaban J connectivity index is 2.74. The molecule has 1 aromatic carbocycles. The number of hydrogen-bond donors (Lipinski definition) is 2. The minimum atomic E-state index is -0.962. The topological polar surface area (TPSA) is 80.4 Å². The number of Topliss-reactive ketones (excluding diaryl/α,β-unsaturated/α-hetero) is 1. The maximum atomic E-state index is 11.5. The Morgan fingerprint density at radius 3 is 2.53 bits per heavy atom. The van der Waals surface area contributed by atoms with Crippen LogP contribution in [0.2, 0.25) is 0 Å².